The Kier molecular flexibility index (Phi) is 12.2. The number of hydrogen-bond acceptors (Lipinski definition) is 2. The first-order valence-electron chi connectivity index (χ1n) is 8.03. The second kappa shape index (κ2) is 12.5. The highest BCUT2D eigenvalue weighted by molar-refractivity contribution is 6.39. The molecule has 0 spiro atoms. The van der Waals surface area contributed by atoms with Gasteiger partial charge in [-0.3, -0.25) is 0 Å². The predicted octanol–water partition coefficient (Wildman–Crippen LogP) is 4.54. The summed E-state index contributed by atoms with van der Waals surface area (Å²) in [6, 6.07) is 0. The van der Waals surface area contributed by atoms with E-state index in [1.165, 1.54) is 44.9 Å². The Balaban J connectivity index is 3.89. The lowest BCUT2D eigenvalue weighted by Crippen LogP contribution is -2.26. The van der Waals surface area contributed by atoms with Gasteiger partial charge in [-0.1, -0.05) is 72.1 Å². The van der Waals surface area contributed by atoms with Crippen LogP contribution in [0.1, 0.15) is 78.6 Å². The monoisotopic (exact) mass is 288 g/mol. The Hall–Kier alpha value is -0.513. The molecule has 0 aromatic carbocycles. The van der Waals surface area contributed by atoms with Gasteiger partial charge < -0.3 is 9.84 Å². The normalized spacial score (nSPS) is 13.3. The van der Waals surface area contributed by atoms with Crippen molar-refractivity contribution in [3.8, 4) is 0 Å². The van der Waals surface area contributed by atoms with E-state index >= 15 is 0 Å². The molecule has 114 valence electrons. The fourth-order valence-electron chi connectivity index (χ4n) is 2.51. The molecule has 0 saturated carbocycles. The first kappa shape index (κ1) is 18.5. The molecule has 0 radical (unpaired) electrons. The predicted molar refractivity (Wildman–Crippen MR) is 83.8 cm³/mol. The van der Waals surface area contributed by atoms with Crippen molar-refractivity contribution in [3.05, 3.63) is 0 Å². The molecule has 0 aromatic heterocycles. The van der Waals surface area contributed by atoms with E-state index in [0.717, 1.165) is 18.4 Å². The van der Waals surface area contributed by atoms with Gasteiger partial charge in [0.05, 0.1) is 15.2 Å². The van der Waals surface area contributed by atoms with E-state index in [1.54, 1.807) is 0 Å². The summed E-state index contributed by atoms with van der Waals surface area (Å²) in [6.07, 6.45) is 9.70. The van der Waals surface area contributed by atoms with E-state index in [2.05, 4.69) is 20.8 Å². The number of ether oxygens (including phenoxy) is 1. The molecular weight excluding hydrogens is 256 g/mol. The smallest absolute Gasteiger partial charge is 0.450 e. The van der Waals surface area contributed by atoms with E-state index in [0.29, 0.717) is 0 Å². The molecule has 0 bridgehead atoms. The van der Waals surface area contributed by atoms with Crippen molar-refractivity contribution in [1.29, 1.82) is 0 Å². The van der Waals surface area contributed by atoms with Crippen molar-refractivity contribution < 1.29 is 14.6 Å². The van der Waals surface area contributed by atoms with Crippen LogP contribution in [0.4, 0.5) is 4.79 Å². The number of unbranched alkanes of at least 4 members (excludes halogenated alkanes) is 5. The lowest BCUT2D eigenvalue weighted by atomic mass is 10.1. The van der Waals surface area contributed by atoms with E-state index in [-0.39, 0.29) is 5.73 Å². The maximum Gasteiger partial charge on any atom is 0.505 e. The van der Waals surface area contributed by atoms with Crippen LogP contribution in [0.3, 0.4) is 0 Å². The average Bonchev–Trinajstić information content (AvgIpc) is 2.38. The second-order valence-corrected chi connectivity index (χ2v) is 8.02. The minimum atomic E-state index is -1.09. The second-order valence-electron chi connectivity index (χ2n) is 5.48. The van der Waals surface area contributed by atoms with Crippen LogP contribution in [0.25, 0.3) is 0 Å². The van der Waals surface area contributed by atoms with E-state index in [9.17, 15) is 4.79 Å². The molecule has 0 heterocycles. The van der Waals surface area contributed by atoms with Crippen LogP contribution in [0, 0.1) is 0 Å². The third-order valence-electron chi connectivity index (χ3n) is 3.90. The number of rotatable bonds is 12. The largest absolute Gasteiger partial charge is 0.505 e. The third kappa shape index (κ3) is 11.0. The van der Waals surface area contributed by atoms with Gasteiger partial charge in [-0.15, -0.1) is 0 Å². The minimum absolute atomic E-state index is 0.0357. The van der Waals surface area contributed by atoms with Gasteiger partial charge in [0.15, 0.2) is 0 Å². The maximum atomic E-state index is 10.7. The molecule has 19 heavy (non-hydrogen) atoms. The van der Waals surface area contributed by atoms with Crippen molar-refractivity contribution >= 4 is 15.7 Å². The van der Waals surface area contributed by atoms with Gasteiger partial charge in [-0.05, 0) is 12.0 Å². The van der Waals surface area contributed by atoms with Crippen molar-refractivity contribution in [1.82, 2.24) is 0 Å². The molecule has 0 aliphatic carbocycles. The Morgan fingerprint density at radius 2 is 1.63 bits per heavy atom. The van der Waals surface area contributed by atoms with Gasteiger partial charge in [0, 0.05) is 0 Å². The van der Waals surface area contributed by atoms with Gasteiger partial charge in [0.2, 0.25) is 0 Å². The SMILES string of the molecule is CCCCCCCCC(OC(=O)O)[SiH2]C(CC)CC. The molecule has 0 aromatic rings. The molecule has 4 heteroatoms. The minimum Gasteiger partial charge on any atom is -0.450 e. The molecule has 0 aliphatic rings. The van der Waals surface area contributed by atoms with Gasteiger partial charge in [0.25, 0.3) is 0 Å². The lowest BCUT2D eigenvalue weighted by Gasteiger charge is -2.20. The zero-order valence-corrected chi connectivity index (χ0v) is 14.4. The first-order valence-corrected chi connectivity index (χ1v) is 9.66. The standard InChI is InChI=1S/C15H32O3Si/c1-4-7-8-9-10-11-12-14(18-15(16)17)19-13(5-2)6-3/h13-14H,4-12,19H2,1-3H3,(H,16,17). The topological polar surface area (TPSA) is 46.5 Å². The summed E-state index contributed by atoms with van der Waals surface area (Å²) in [7, 11) is -0.450. The summed E-state index contributed by atoms with van der Waals surface area (Å²) < 4.78 is 5.09. The fraction of sp³-hybridized carbons (Fsp3) is 0.933. The summed E-state index contributed by atoms with van der Waals surface area (Å²) >= 11 is 0. The molecule has 0 rings (SSSR count). The zero-order valence-electron chi connectivity index (χ0n) is 13.0. The van der Waals surface area contributed by atoms with Crippen LogP contribution >= 0.6 is 0 Å². The van der Waals surface area contributed by atoms with Crippen LogP contribution in [0.5, 0.6) is 0 Å². The van der Waals surface area contributed by atoms with Gasteiger partial charge in [0.1, 0.15) is 0 Å². The summed E-state index contributed by atoms with van der Waals surface area (Å²) in [4.78, 5) is 10.7. The van der Waals surface area contributed by atoms with E-state index in [4.69, 9.17) is 9.84 Å². The maximum absolute atomic E-state index is 10.7. The van der Waals surface area contributed by atoms with Crippen molar-refractivity contribution in [2.24, 2.45) is 0 Å². The molecule has 0 fully saturated rings. The number of hydrogen-bond donors (Lipinski definition) is 1. The third-order valence-corrected chi connectivity index (χ3v) is 6.82. The Bertz CT molecular complexity index is 217. The van der Waals surface area contributed by atoms with E-state index < -0.39 is 15.7 Å². The van der Waals surface area contributed by atoms with Gasteiger partial charge in [-0.25, -0.2) is 4.79 Å². The van der Waals surface area contributed by atoms with Gasteiger partial charge >= 0.3 is 6.16 Å². The van der Waals surface area contributed by atoms with Crippen molar-refractivity contribution in [3.63, 3.8) is 0 Å². The van der Waals surface area contributed by atoms with Crippen LogP contribution in [-0.4, -0.2) is 26.5 Å². The highest BCUT2D eigenvalue weighted by atomic mass is 28.2. The van der Waals surface area contributed by atoms with Crippen molar-refractivity contribution in [2.45, 2.75) is 89.8 Å². The molecule has 1 N–H and O–H groups in total. The highest BCUT2D eigenvalue weighted by Gasteiger charge is 2.18. The summed E-state index contributed by atoms with van der Waals surface area (Å²) in [5, 5.41) is 8.81. The fourth-order valence-corrected chi connectivity index (χ4v) is 4.69. The van der Waals surface area contributed by atoms with Gasteiger partial charge in [-0.2, -0.15) is 0 Å². The summed E-state index contributed by atoms with van der Waals surface area (Å²) in [5.41, 5.74) is 0.762. The molecule has 1 unspecified atom stereocenters. The highest BCUT2D eigenvalue weighted by Crippen LogP contribution is 2.19. The lowest BCUT2D eigenvalue weighted by molar-refractivity contribution is 0.0746. The molecule has 0 amide bonds. The quantitative estimate of drug-likeness (QED) is 0.326. The Morgan fingerprint density at radius 1 is 1.05 bits per heavy atom. The van der Waals surface area contributed by atoms with Crippen LogP contribution < -0.4 is 0 Å². The summed E-state index contributed by atoms with van der Waals surface area (Å²) in [5.74, 6) is 0. The molecule has 3 nitrogen and oxygen atoms in total. The number of carboxylic acid groups (broad SMARTS) is 1. The van der Waals surface area contributed by atoms with Crippen LogP contribution in [0.2, 0.25) is 5.54 Å². The Labute approximate surface area is 120 Å². The molecule has 0 saturated heterocycles. The van der Waals surface area contributed by atoms with Crippen LogP contribution in [0.15, 0.2) is 0 Å². The van der Waals surface area contributed by atoms with Crippen molar-refractivity contribution in [2.75, 3.05) is 0 Å². The number of carbonyl (C=O) groups is 1. The van der Waals surface area contributed by atoms with Crippen LogP contribution in [-0.2, 0) is 4.74 Å². The zero-order chi connectivity index (χ0) is 14.5. The van der Waals surface area contributed by atoms with E-state index in [1.807, 2.05) is 0 Å². The molecular formula is C15H32O3Si. The Morgan fingerprint density at radius 3 is 2.16 bits per heavy atom. The first-order chi connectivity index (χ1) is 9.13. The molecule has 0 aliphatic heterocycles. The summed E-state index contributed by atoms with van der Waals surface area (Å²) in [6.45, 7) is 6.62. The molecule has 1 atom stereocenters. The average molecular weight is 289 g/mol.